The minimum Gasteiger partial charge on any atom is -0.496 e. The molecular weight excluding hydrogens is 354 g/mol. The first kappa shape index (κ1) is 15.6. The van der Waals surface area contributed by atoms with Gasteiger partial charge < -0.3 is 10.1 Å². The average molecular weight is 370 g/mol. The zero-order chi connectivity index (χ0) is 16.2. The molecule has 0 atom stereocenters. The SMILES string of the molecule is COc1ccc2ccccc2c1CNC(=O)c1cccc(Br)c1. The first-order valence-corrected chi connectivity index (χ1v) is 8.06. The van der Waals surface area contributed by atoms with Crippen molar-refractivity contribution in [2.24, 2.45) is 0 Å². The fourth-order valence-electron chi connectivity index (χ4n) is 2.59. The second kappa shape index (κ2) is 6.84. The number of carbonyl (C=O) groups excluding carboxylic acids is 1. The van der Waals surface area contributed by atoms with E-state index < -0.39 is 0 Å². The van der Waals surface area contributed by atoms with Crippen LogP contribution in [0.4, 0.5) is 0 Å². The normalized spacial score (nSPS) is 10.5. The zero-order valence-electron chi connectivity index (χ0n) is 12.7. The quantitative estimate of drug-likeness (QED) is 0.732. The molecule has 0 aliphatic rings. The number of halogens is 1. The summed E-state index contributed by atoms with van der Waals surface area (Å²) in [5, 5.41) is 5.18. The lowest BCUT2D eigenvalue weighted by Gasteiger charge is -2.13. The van der Waals surface area contributed by atoms with Crippen LogP contribution in [0.25, 0.3) is 10.8 Å². The highest BCUT2D eigenvalue weighted by Crippen LogP contribution is 2.27. The molecule has 0 saturated heterocycles. The van der Waals surface area contributed by atoms with Crippen LogP contribution in [0.1, 0.15) is 15.9 Å². The average Bonchev–Trinajstić information content (AvgIpc) is 2.59. The lowest BCUT2D eigenvalue weighted by molar-refractivity contribution is 0.0951. The van der Waals surface area contributed by atoms with Gasteiger partial charge in [-0.05, 0) is 35.0 Å². The molecule has 23 heavy (non-hydrogen) atoms. The van der Waals surface area contributed by atoms with Crippen LogP contribution < -0.4 is 10.1 Å². The minimum atomic E-state index is -0.110. The molecule has 0 saturated carbocycles. The third kappa shape index (κ3) is 3.37. The molecule has 4 heteroatoms. The fraction of sp³-hybridized carbons (Fsp3) is 0.105. The van der Waals surface area contributed by atoms with Crippen molar-refractivity contribution in [2.45, 2.75) is 6.54 Å². The number of methoxy groups -OCH3 is 1. The summed E-state index contributed by atoms with van der Waals surface area (Å²) in [5.74, 6) is 0.666. The highest BCUT2D eigenvalue weighted by Gasteiger charge is 2.11. The predicted octanol–water partition coefficient (Wildman–Crippen LogP) is 4.54. The van der Waals surface area contributed by atoms with Gasteiger partial charge in [-0.2, -0.15) is 0 Å². The van der Waals surface area contributed by atoms with Gasteiger partial charge in [0.1, 0.15) is 5.75 Å². The molecule has 3 rings (SSSR count). The molecule has 1 amide bonds. The molecule has 116 valence electrons. The van der Waals surface area contributed by atoms with Crippen molar-refractivity contribution in [1.29, 1.82) is 0 Å². The Morgan fingerprint density at radius 2 is 1.91 bits per heavy atom. The fourth-order valence-corrected chi connectivity index (χ4v) is 2.99. The molecule has 3 nitrogen and oxygen atoms in total. The Hall–Kier alpha value is -2.33. The first-order chi connectivity index (χ1) is 11.2. The van der Waals surface area contributed by atoms with Gasteiger partial charge in [0.25, 0.3) is 5.91 Å². The van der Waals surface area contributed by atoms with E-state index in [9.17, 15) is 4.79 Å². The molecule has 3 aromatic rings. The lowest BCUT2D eigenvalue weighted by Crippen LogP contribution is -2.23. The van der Waals surface area contributed by atoms with E-state index in [2.05, 4.69) is 27.3 Å². The maximum Gasteiger partial charge on any atom is 0.251 e. The minimum absolute atomic E-state index is 0.110. The Labute approximate surface area is 143 Å². The van der Waals surface area contributed by atoms with E-state index in [-0.39, 0.29) is 5.91 Å². The van der Waals surface area contributed by atoms with Crippen LogP contribution in [-0.4, -0.2) is 13.0 Å². The Morgan fingerprint density at radius 1 is 1.09 bits per heavy atom. The second-order valence-corrected chi connectivity index (χ2v) is 6.08. The van der Waals surface area contributed by atoms with Crippen LogP contribution in [0.5, 0.6) is 5.75 Å². The lowest BCUT2D eigenvalue weighted by atomic mass is 10.0. The van der Waals surface area contributed by atoms with E-state index in [0.717, 1.165) is 26.6 Å². The van der Waals surface area contributed by atoms with Crippen LogP contribution in [0, 0.1) is 0 Å². The monoisotopic (exact) mass is 369 g/mol. The third-order valence-electron chi connectivity index (χ3n) is 3.73. The smallest absolute Gasteiger partial charge is 0.251 e. The largest absolute Gasteiger partial charge is 0.496 e. The van der Waals surface area contributed by atoms with Gasteiger partial charge in [0.15, 0.2) is 0 Å². The number of nitrogens with one attached hydrogen (secondary N) is 1. The van der Waals surface area contributed by atoms with Gasteiger partial charge in [-0.3, -0.25) is 4.79 Å². The van der Waals surface area contributed by atoms with E-state index in [1.54, 1.807) is 19.2 Å². The van der Waals surface area contributed by atoms with Crippen molar-refractivity contribution in [3.63, 3.8) is 0 Å². The van der Waals surface area contributed by atoms with Crippen molar-refractivity contribution < 1.29 is 9.53 Å². The molecule has 0 spiro atoms. The van der Waals surface area contributed by atoms with Crippen LogP contribution in [0.15, 0.2) is 65.1 Å². The summed E-state index contributed by atoms with van der Waals surface area (Å²) in [7, 11) is 1.64. The van der Waals surface area contributed by atoms with Crippen LogP contribution in [0.3, 0.4) is 0 Å². The van der Waals surface area contributed by atoms with Gasteiger partial charge in [-0.1, -0.05) is 52.3 Å². The predicted molar refractivity (Wildman–Crippen MR) is 95.8 cm³/mol. The molecule has 0 fully saturated rings. The molecule has 0 radical (unpaired) electrons. The highest BCUT2D eigenvalue weighted by atomic mass is 79.9. The summed E-state index contributed by atoms with van der Waals surface area (Å²) in [6.45, 7) is 0.413. The number of carbonyl (C=O) groups is 1. The van der Waals surface area contributed by atoms with E-state index in [1.807, 2.05) is 42.5 Å². The maximum atomic E-state index is 12.3. The molecule has 1 N–H and O–H groups in total. The van der Waals surface area contributed by atoms with Gasteiger partial charge in [0.2, 0.25) is 0 Å². The first-order valence-electron chi connectivity index (χ1n) is 7.27. The molecule has 0 bridgehead atoms. The third-order valence-corrected chi connectivity index (χ3v) is 4.22. The van der Waals surface area contributed by atoms with Gasteiger partial charge in [0.05, 0.1) is 7.11 Å². The van der Waals surface area contributed by atoms with Crippen LogP contribution in [-0.2, 0) is 6.54 Å². The molecular formula is C19H16BrNO2. The van der Waals surface area contributed by atoms with Crippen molar-refractivity contribution in [2.75, 3.05) is 7.11 Å². The number of benzene rings is 3. The number of ether oxygens (including phenoxy) is 1. The summed E-state index contributed by atoms with van der Waals surface area (Å²) >= 11 is 3.38. The zero-order valence-corrected chi connectivity index (χ0v) is 14.3. The van der Waals surface area contributed by atoms with Crippen molar-refractivity contribution >= 4 is 32.6 Å². The van der Waals surface area contributed by atoms with Crippen molar-refractivity contribution in [3.05, 3.63) is 76.3 Å². The van der Waals surface area contributed by atoms with Gasteiger partial charge in [-0.25, -0.2) is 0 Å². The van der Waals surface area contributed by atoms with E-state index >= 15 is 0 Å². The molecule has 0 heterocycles. The van der Waals surface area contributed by atoms with Gasteiger partial charge >= 0.3 is 0 Å². The van der Waals surface area contributed by atoms with Crippen molar-refractivity contribution in [3.8, 4) is 5.75 Å². The summed E-state index contributed by atoms with van der Waals surface area (Å²) < 4.78 is 6.33. The van der Waals surface area contributed by atoms with Gasteiger partial charge in [-0.15, -0.1) is 0 Å². The van der Waals surface area contributed by atoms with E-state index in [0.29, 0.717) is 12.1 Å². The Kier molecular flexibility index (Phi) is 4.63. The Balaban J connectivity index is 1.88. The standard InChI is InChI=1S/C19H16BrNO2/c1-23-18-10-9-13-5-2-3-8-16(13)17(18)12-21-19(22)14-6-4-7-15(20)11-14/h2-11H,12H2,1H3,(H,21,22). The van der Waals surface area contributed by atoms with Crippen LogP contribution >= 0.6 is 15.9 Å². The van der Waals surface area contributed by atoms with Gasteiger partial charge in [0, 0.05) is 22.1 Å². The number of rotatable bonds is 4. The Bertz CT molecular complexity index is 861. The Morgan fingerprint density at radius 3 is 2.70 bits per heavy atom. The maximum absolute atomic E-state index is 12.3. The van der Waals surface area contributed by atoms with Crippen LogP contribution in [0.2, 0.25) is 0 Å². The molecule has 0 unspecified atom stereocenters. The topological polar surface area (TPSA) is 38.3 Å². The molecule has 3 aromatic carbocycles. The van der Waals surface area contributed by atoms with E-state index in [1.165, 1.54) is 0 Å². The summed E-state index contributed by atoms with van der Waals surface area (Å²) in [6, 6.07) is 19.4. The summed E-state index contributed by atoms with van der Waals surface area (Å²) in [4.78, 5) is 12.3. The molecule has 0 aliphatic heterocycles. The second-order valence-electron chi connectivity index (χ2n) is 5.16. The summed E-state index contributed by atoms with van der Waals surface area (Å²) in [6.07, 6.45) is 0. The number of hydrogen-bond donors (Lipinski definition) is 1. The molecule has 0 aliphatic carbocycles. The number of fused-ring (bicyclic) bond motifs is 1. The number of hydrogen-bond acceptors (Lipinski definition) is 2. The van der Waals surface area contributed by atoms with Crippen molar-refractivity contribution in [1.82, 2.24) is 5.32 Å². The summed E-state index contributed by atoms with van der Waals surface area (Å²) in [5.41, 5.74) is 1.60. The highest BCUT2D eigenvalue weighted by molar-refractivity contribution is 9.10. The number of amides is 1. The van der Waals surface area contributed by atoms with E-state index in [4.69, 9.17) is 4.74 Å². The molecule has 0 aromatic heterocycles.